The van der Waals surface area contributed by atoms with Crippen molar-refractivity contribution in [1.82, 2.24) is 9.96 Å². The zero-order chi connectivity index (χ0) is 6.60. The summed E-state index contributed by atoms with van der Waals surface area (Å²) >= 11 is 0. The summed E-state index contributed by atoms with van der Waals surface area (Å²) in [6.45, 7) is 1.15. The van der Waals surface area contributed by atoms with Crippen LogP contribution in [0.2, 0.25) is 0 Å². The Balaban J connectivity index is 2.05. The molecule has 0 radical (unpaired) electrons. The molecule has 0 bridgehead atoms. The quantitative estimate of drug-likeness (QED) is 0.486. The summed E-state index contributed by atoms with van der Waals surface area (Å²) in [6.07, 6.45) is 9.06. The SMILES string of the molecule is C1=CN2CC[C@@]23C=CN3O1. The molecule has 1 saturated heterocycles. The maximum absolute atomic E-state index is 5.23. The monoisotopic (exact) mass is 136 g/mol. The minimum atomic E-state index is 0.134. The van der Waals surface area contributed by atoms with Gasteiger partial charge in [0.25, 0.3) is 0 Å². The Morgan fingerprint density at radius 1 is 1.40 bits per heavy atom. The number of nitrogens with zero attached hydrogens (tertiary/aromatic N) is 2. The maximum atomic E-state index is 5.23. The van der Waals surface area contributed by atoms with Crippen LogP contribution in [0.25, 0.3) is 0 Å². The lowest BCUT2D eigenvalue weighted by atomic mass is 9.90. The summed E-state index contributed by atoms with van der Waals surface area (Å²) in [4.78, 5) is 7.50. The van der Waals surface area contributed by atoms with Crippen LogP contribution in [0.4, 0.5) is 0 Å². The van der Waals surface area contributed by atoms with Crippen molar-refractivity contribution in [3.05, 3.63) is 24.7 Å². The first kappa shape index (κ1) is 4.66. The fraction of sp³-hybridized carbons (Fsp3) is 0.429. The number of hydroxylamine groups is 2. The minimum absolute atomic E-state index is 0.134. The average molecular weight is 136 g/mol. The highest BCUT2D eigenvalue weighted by Gasteiger charge is 2.53. The Bertz CT molecular complexity index is 234. The molecule has 0 aromatic carbocycles. The Labute approximate surface area is 59.1 Å². The van der Waals surface area contributed by atoms with Crippen molar-refractivity contribution in [1.29, 1.82) is 0 Å². The van der Waals surface area contributed by atoms with Gasteiger partial charge in [0.05, 0.1) is 0 Å². The van der Waals surface area contributed by atoms with Crippen LogP contribution in [-0.4, -0.2) is 22.2 Å². The Hall–Kier alpha value is -1.12. The third kappa shape index (κ3) is 0.285. The van der Waals surface area contributed by atoms with E-state index in [-0.39, 0.29) is 5.66 Å². The van der Waals surface area contributed by atoms with Crippen LogP contribution in [0.1, 0.15) is 6.42 Å². The van der Waals surface area contributed by atoms with Crippen molar-refractivity contribution in [2.45, 2.75) is 12.1 Å². The van der Waals surface area contributed by atoms with Crippen LogP contribution in [0.5, 0.6) is 0 Å². The highest BCUT2D eigenvalue weighted by atomic mass is 16.7. The van der Waals surface area contributed by atoms with Gasteiger partial charge >= 0.3 is 0 Å². The Morgan fingerprint density at radius 3 is 2.80 bits per heavy atom. The summed E-state index contributed by atoms with van der Waals surface area (Å²) < 4.78 is 0. The lowest BCUT2D eigenvalue weighted by Crippen LogP contribution is -2.69. The standard InChI is InChI=1S/C7H8N2O/c1-3-8-5-6-10-9-4-2-7(1,8)9/h2,4-6H,1,3H2/t7-/m1/s1. The third-order valence-corrected chi connectivity index (χ3v) is 2.49. The molecular formula is C7H8N2O. The Kier molecular flexibility index (Phi) is 0.543. The van der Waals surface area contributed by atoms with Gasteiger partial charge in [0, 0.05) is 25.4 Å². The molecule has 52 valence electrons. The largest absolute Gasteiger partial charge is 0.384 e. The molecule has 0 saturated carbocycles. The molecule has 0 aliphatic carbocycles. The molecule has 0 N–H and O–H groups in total. The van der Waals surface area contributed by atoms with Gasteiger partial charge in [-0.3, -0.25) is 0 Å². The summed E-state index contributed by atoms with van der Waals surface area (Å²) in [5, 5.41) is 1.90. The van der Waals surface area contributed by atoms with E-state index in [1.165, 1.54) is 6.42 Å². The summed E-state index contributed by atoms with van der Waals surface area (Å²) in [6, 6.07) is 0. The molecule has 0 aromatic heterocycles. The molecule has 3 heteroatoms. The molecule has 1 atom stereocenters. The molecule has 0 aromatic rings. The molecule has 3 aliphatic heterocycles. The fourth-order valence-electron chi connectivity index (χ4n) is 1.69. The van der Waals surface area contributed by atoms with Crippen LogP contribution in [0.3, 0.4) is 0 Å². The van der Waals surface area contributed by atoms with Gasteiger partial charge in [0.2, 0.25) is 0 Å². The van der Waals surface area contributed by atoms with Crippen LogP contribution in [0.15, 0.2) is 24.7 Å². The molecule has 0 unspecified atom stereocenters. The highest BCUT2D eigenvalue weighted by molar-refractivity contribution is 5.24. The minimum Gasteiger partial charge on any atom is -0.384 e. The zero-order valence-corrected chi connectivity index (χ0v) is 5.53. The number of hydrogen-bond acceptors (Lipinski definition) is 3. The van der Waals surface area contributed by atoms with Crippen LogP contribution in [0, 0.1) is 0 Å². The van der Waals surface area contributed by atoms with Gasteiger partial charge in [-0.05, 0) is 6.08 Å². The van der Waals surface area contributed by atoms with Gasteiger partial charge in [0.1, 0.15) is 6.26 Å². The van der Waals surface area contributed by atoms with Gasteiger partial charge in [-0.15, -0.1) is 0 Å². The molecule has 3 nitrogen and oxygen atoms in total. The van der Waals surface area contributed by atoms with Crippen LogP contribution in [-0.2, 0) is 4.84 Å². The van der Waals surface area contributed by atoms with E-state index in [9.17, 15) is 0 Å². The molecule has 0 amide bonds. The van der Waals surface area contributed by atoms with Gasteiger partial charge in [-0.25, -0.2) is 0 Å². The van der Waals surface area contributed by atoms with Gasteiger partial charge < -0.3 is 9.74 Å². The van der Waals surface area contributed by atoms with E-state index in [2.05, 4.69) is 11.0 Å². The van der Waals surface area contributed by atoms with E-state index in [1.54, 1.807) is 6.26 Å². The second-order valence-corrected chi connectivity index (χ2v) is 2.85. The van der Waals surface area contributed by atoms with E-state index in [0.717, 1.165) is 6.54 Å². The fourth-order valence-corrected chi connectivity index (χ4v) is 1.69. The van der Waals surface area contributed by atoms with E-state index in [0.29, 0.717) is 0 Å². The normalized spacial score (nSPS) is 39.2. The third-order valence-electron chi connectivity index (χ3n) is 2.49. The zero-order valence-electron chi connectivity index (χ0n) is 5.53. The van der Waals surface area contributed by atoms with Crippen molar-refractivity contribution in [3.63, 3.8) is 0 Å². The second-order valence-electron chi connectivity index (χ2n) is 2.85. The lowest BCUT2D eigenvalue weighted by Gasteiger charge is -2.60. The number of rotatable bonds is 0. The number of hydrogen-bond donors (Lipinski definition) is 0. The summed E-state index contributed by atoms with van der Waals surface area (Å²) in [5.74, 6) is 0. The first-order valence-corrected chi connectivity index (χ1v) is 3.51. The van der Waals surface area contributed by atoms with E-state index in [4.69, 9.17) is 4.84 Å². The van der Waals surface area contributed by atoms with E-state index < -0.39 is 0 Å². The highest BCUT2D eigenvalue weighted by Crippen LogP contribution is 2.43. The smallest absolute Gasteiger partial charge is 0.170 e. The van der Waals surface area contributed by atoms with Crippen molar-refractivity contribution in [2.75, 3.05) is 6.54 Å². The van der Waals surface area contributed by atoms with Crippen LogP contribution >= 0.6 is 0 Å². The van der Waals surface area contributed by atoms with E-state index >= 15 is 0 Å². The molecule has 1 spiro atoms. The second kappa shape index (κ2) is 1.17. The van der Waals surface area contributed by atoms with Gasteiger partial charge in [-0.1, -0.05) is 0 Å². The van der Waals surface area contributed by atoms with Gasteiger partial charge in [0.15, 0.2) is 5.66 Å². The molecule has 3 aliphatic rings. The Morgan fingerprint density at radius 2 is 2.40 bits per heavy atom. The predicted octanol–water partition coefficient (Wildman–Crippen LogP) is 0.634. The first-order chi connectivity index (χ1) is 4.92. The van der Waals surface area contributed by atoms with Crippen molar-refractivity contribution in [2.24, 2.45) is 0 Å². The predicted molar refractivity (Wildman–Crippen MR) is 35.3 cm³/mol. The molecule has 1 fully saturated rings. The lowest BCUT2D eigenvalue weighted by molar-refractivity contribution is -0.246. The molecular weight excluding hydrogens is 128 g/mol. The van der Waals surface area contributed by atoms with Crippen molar-refractivity contribution >= 4 is 0 Å². The topological polar surface area (TPSA) is 15.7 Å². The summed E-state index contributed by atoms with van der Waals surface area (Å²) in [7, 11) is 0. The van der Waals surface area contributed by atoms with Gasteiger partial charge in [-0.2, -0.15) is 5.06 Å². The maximum Gasteiger partial charge on any atom is 0.170 e. The van der Waals surface area contributed by atoms with Crippen molar-refractivity contribution in [3.8, 4) is 0 Å². The van der Waals surface area contributed by atoms with Crippen LogP contribution < -0.4 is 0 Å². The summed E-state index contributed by atoms with van der Waals surface area (Å²) in [5.41, 5.74) is 0.134. The van der Waals surface area contributed by atoms with Crippen molar-refractivity contribution < 1.29 is 4.84 Å². The molecule has 3 heterocycles. The molecule has 3 rings (SSSR count). The average Bonchev–Trinajstić information content (AvgIpc) is 1.80. The van der Waals surface area contributed by atoms with E-state index in [1.807, 2.05) is 17.5 Å². The first-order valence-electron chi connectivity index (χ1n) is 3.51. The molecule has 10 heavy (non-hydrogen) atoms.